The van der Waals surface area contributed by atoms with E-state index in [9.17, 15) is 4.79 Å². The van der Waals surface area contributed by atoms with E-state index in [-0.39, 0.29) is 5.56 Å². The van der Waals surface area contributed by atoms with Gasteiger partial charge >= 0.3 is 0 Å². The molecule has 2 aromatic rings. The largest absolute Gasteiger partial charge is 0.316 e. The Hall–Kier alpha value is -1.31. The lowest BCUT2D eigenvalue weighted by Gasteiger charge is -2.32. The van der Waals surface area contributed by atoms with Crippen LogP contribution in [0.4, 0.5) is 0 Å². The van der Waals surface area contributed by atoms with Gasteiger partial charge in [-0.15, -0.1) is 0 Å². The first kappa shape index (κ1) is 14.6. The first-order chi connectivity index (χ1) is 10.2. The fourth-order valence-corrected chi connectivity index (χ4v) is 3.64. The topological polar surface area (TPSA) is 62.5 Å². The van der Waals surface area contributed by atoms with Gasteiger partial charge in [-0.3, -0.25) is 9.69 Å². The Morgan fingerprint density at radius 3 is 3.14 bits per heavy atom. The van der Waals surface area contributed by atoms with E-state index in [0.29, 0.717) is 11.0 Å². The van der Waals surface area contributed by atoms with E-state index in [1.807, 2.05) is 14.0 Å². The van der Waals surface area contributed by atoms with Gasteiger partial charge in [0.05, 0.1) is 5.69 Å². The highest BCUT2D eigenvalue weighted by atomic mass is 32.1. The van der Waals surface area contributed by atoms with Crippen LogP contribution < -0.4 is 10.9 Å². The molecule has 1 atom stereocenters. The zero-order valence-electron chi connectivity index (χ0n) is 12.5. The van der Waals surface area contributed by atoms with Gasteiger partial charge in [-0.2, -0.15) is 9.61 Å². The minimum Gasteiger partial charge on any atom is -0.316 e. The van der Waals surface area contributed by atoms with Crippen LogP contribution in [0.25, 0.3) is 4.96 Å². The second-order valence-corrected chi connectivity index (χ2v) is 6.53. The third-order valence-electron chi connectivity index (χ3n) is 3.94. The molecule has 2 aromatic heterocycles. The summed E-state index contributed by atoms with van der Waals surface area (Å²) in [6.45, 7) is 4.86. The van der Waals surface area contributed by atoms with Crippen LogP contribution in [0.5, 0.6) is 0 Å². The minimum absolute atomic E-state index is 0.0758. The van der Waals surface area contributed by atoms with E-state index < -0.39 is 0 Å². The van der Waals surface area contributed by atoms with Crippen molar-refractivity contribution in [1.82, 2.24) is 24.8 Å². The highest BCUT2D eigenvalue weighted by Gasteiger charge is 2.19. The summed E-state index contributed by atoms with van der Waals surface area (Å²) in [6.07, 6.45) is 3.24. The van der Waals surface area contributed by atoms with Crippen molar-refractivity contribution in [2.45, 2.75) is 38.8 Å². The zero-order valence-corrected chi connectivity index (χ0v) is 13.3. The summed E-state index contributed by atoms with van der Waals surface area (Å²) in [6, 6.07) is 2.16. The van der Waals surface area contributed by atoms with E-state index in [1.165, 1.54) is 28.7 Å². The van der Waals surface area contributed by atoms with Gasteiger partial charge in [0.15, 0.2) is 0 Å². The summed E-state index contributed by atoms with van der Waals surface area (Å²) in [5.41, 5.74) is 0.774. The smallest absolute Gasteiger partial charge is 0.275 e. The molecule has 1 aliphatic rings. The van der Waals surface area contributed by atoms with Gasteiger partial charge < -0.3 is 5.32 Å². The molecule has 6 nitrogen and oxygen atoms in total. The number of aryl methyl sites for hydroxylation is 1. The second kappa shape index (κ2) is 6.21. The van der Waals surface area contributed by atoms with Crippen LogP contribution in [0.1, 0.15) is 30.5 Å². The van der Waals surface area contributed by atoms with Gasteiger partial charge in [0.25, 0.3) is 5.56 Å². The highest BCUT2D eigenvalue weighted by molar-refractivity contribution is 7.16. The number of fused-ring (bicyclic) bond motifs is 1. The molecule has 0 amide bonds. The van der Waals surface area contributed by atoms with Crippen LogP contribution in [0.2, 0.25) is 0 Å². The number of likely N-dealkylation sites (N-methyl/N-ethyl adjacent to an activating group) is 1. The zero-order chi connectivity index (χ0) is 14.8. The van der Waals surface area contributed by atoms with Crippen LogP contribution in [0, 0.1) is 0 Å². The summed E-state index contributed by atoms with van der Waals surface area (Å²) in [5, 5.41) is 8.57. The molecule has 3 heterocycles. The number of piperidine rings is 1. The standard InChI is InChI=1S/C14H21N5OS/c1-3-12-17-19-13(20)7-11(16-14(19)21-12)9-18-6-4-5-10(8-18)15-2/h7,10,15H,3-6,8-9H2,1-2H3. The normalized spacial score (nSPS) is 20.2. The van der Waals surface area contributed by atoms with Crippen molar-refractivity contribution < 1.29 is 0 Å². The maximum atomic E-state index is 12.1. The Kier molecular flexibility index (Phi) is 4.32. The van der Waals surface area contributed by atoms with E-state index in [1.54, 1.807) is 6.07 Å². The van der Waals surface area contributed by atoms with Crippen LogP contribution in [-0.2, 0) is 13.0 Å². The van der Waals surface area contributed by atoms with Crippen molar-refractivity contribution >= 4 is 16.3 Å². The third-order valence-corrected chi connectivity index (χ3v) is 4.99. The predicted molar refractivity (Wildman–Crippen MR) is 83.9 cm³/mol. The SMILES string of the molecule is CCc1nn2c(=O)cc(CN3CCCC(NC)C3)nc2s1. The summed E-state index contributed by atoms with van der Waals surface area (Å²) in [5.74, 6) is 0. The van der Waals surface area contributed by atoms with Crippen molar-refractivity contribution in [2.24, 2.45) is 0 Å². The van der Waals surface area contributed by atoms with E-state index in [4.69, 9.17) is 0 Å². The summed E-state index contributed by atoms with van der Waals surface area (Å²) in [4.78, 5) is 19.8. The molecule has 114 valence electrons. The summed E-state index contributed by atoms with van der Waals surface area (Å²) in [7, 11) is 2.01. The van der Waals surface area contributed by atoms with Gasteiger partial charge in [0.1, 0.15) is 5.01 Å². The number of likely N-dealkylation sites (tertiary alicyclic amines) is 1. The molecule has 0 saturated carbocycles. The molecule has 1 unspecified atom stereocenters. The van der Waals surface area contributed by atoms with Gasteiger partial charge in [-0.25, -0.2) is 4.98 Å². The molecular formula is C14H21N5OS. The fraction of sp³-hybridized carbons (Fsp3) is 0.643. The average molecular weight is 307 g/mol. The molecule has 7 heteroatoms. The maximum absolute atomic E-state index is 12.1. The summed E-state index contributed by atoms with van der Waals surface area (Å²) < 4.78 is 1.42. The highest BCUT2D eigenvalue weighted by Crippen LogP contribution is 2.15. The molecule has 1 N–H and O–H groups in total. The van der Waals surface area contributed by atoms with Crippen LogP contribution >= 0.6 is 11.3 Å². The number of nitrogens with one attached hydrogen (secondary N) is 1. The molecule has 0 spiro atoms. The molecule has 1 saturated heterocycles. The summed E-state index contributed by atoms with van der Waals surface area (Å²) >= 11 is 1.50. The van der Waals surface area contributed by atoms with E-state index in [2.05, 4.69) is 20.3 Å². The van der Waals surface area contributed by atoms with Gasteiger partial charge in [0.2, 0.25) is 4.96 Å². The predicted octanol–water partition coefficient (Wildman–Crippen LogP) is 0.897. The number of hydrogen-bond acceptors (Lipinski definition) is 6. The Balaban J connectivity index is 1.82. The first-order valence-electron chi connectivity index (χ1n) is 7.48. The molecule has 0 aromatic carbocycles. The van der Waals surface area contributed by atoms with E-state index in [0.717, 1.165) is 36.8 Å². The second-order valence-electron chi connectivity index (χ2n) is 5.49. The fourth-order valence-electron chi connectivity index (χ4n) is 2.78. The quantitative estimate of drug-likeness (QED) is 0.909. The molecule has 0 aliphatic carbocycles. The lowest BCUT2D eigenvalue weighted by atomic mass is 10.1. The average Bonchev–Trinajstić information content (AvgIpc) is 2.91. The van der Waals surface area contributed by atoms with Crippen LogP contribution in [0.3, 0.4) is 0 Å². The molecule has 0 radical (unpaired) electrons. The first-order valence-corrected chi connectivity index (χ1v) is 8.29. The van der Waals surface area contributed by atoms with Crippen LogP contribution in [-0.4, -0.2) is 45.7 Å². The van der Waals surface area contributed by atoms with Crippen LogP contribution in [0.15, 0.2) is 10.9 Å². The van der Waals surface area contributed by atoms with Crippen molar-refractivity contribution in [3.8, 4) is 0 Å². The molecule has 1 fully saturated rings. The Morgan fingerprint density at radius 1 is 1.52 bits per heavy atom. The van der Waals surface area contributed by atoms with Gasteiger partial charge in [-0.05, 0) is 32.9 Å². The Morgan fingerprint density at radius 2 is 2.38 bits per heavy atom. The van der Waals surface area contributed by atoms with Crippen molar-refractivity contribution in [3.05, 3.63) is 27.1 Å². The van der Waals surface area contributed by atoms with Crippen molar-refractivity contribution in [2.75, 3.05) is 20.1 Å². The lowest BCUT2D eigenvalue weighted by molar-refractivity contribution is 0.186. The third kappa shape index (κ3) is 3.14. The number of hydrogen-bond donors (Lipinski definition) is 1. The minimum atomic E-state index is -0.0758. The Labute approximate surface area is 127 Å². The monoisotopic (exact) mass is 307 g/mol. The number of nitrogens with zero attached hydrogens (tertiary/aromatic N) is 4. The molecule has 21 heavy (non-hydrogen) atoms. The number of rotatable bonds is 4. The maximum Gasteiger partial charge on any atom is 0.275 e. The van der Waals surface area contributed by atoms with Crippen molar-refractivity contribution in [1.29, 1.82) is 0 Å². The van der Waals surface area contributed by atoms with Gasteiger partial charge in [-0.1, -0.05) is 18.3 Å². The Bertz CT molecular complexity index is 680. The molecular weight excluding hydrogens is 286 g/mol. The molecule has 1 aliphatic heterocycles. The molecule has 3 rings (SSSR count). The number of aromatic nitrogens is 3. The van der Waals surface area contributed by atoms with Crippen molar-refractivity contribution in [3.63, 3.8) is 0 Å². The lowest BCUT2D eigenvalue weighted by Crippen LogP contribution is -2.44. The van der Waals surface area contributed by atoms with Gasteiger partial charge in [0, 0.05) is 25.2 Å². The van der Waals surface area contributed by atoms with E-state index >= 15 is 0 Å². The molecule has 0 bridgehead atoms.